The molecule has 1 heterocycles. The van der Waals surface area contributed by atoms with Crippen molar-refractivity contribution in [1.82, 2.24) is 4.98 Å². The molecule has 1 aliphatic carbocycles. The van der Waals surface area contributed by atoms with Crippen molar-refractivity contribution in [2.45, 2.75) is 5.92 Å². The third-order valence-corrected chi connectivity index (χ3v) is 6.07. The molecule has 4 heteroatoms. The minimum Gasteiger partial charge on any atom is -0.361 e. The number of nitrogens with one attached hydrogen (secondary N) is 1. The summed E-state index contributed by atoms with van der Waals surface area (Å²) in [5.41, 5.74) is 3.97. The van der Waals surface area contributed by atoms with Gasteiger partial charge in [0.2, 0.25) is 0 Å². The lowest BCUT2D eigenvalue weighted by atomic mass is 9.78. The quantitative estimate of drug-likeness (QED) is 0.421. The number of hydrogen-bond donors (Lipinski definition) is 1. The molecule has 5 rings (SSSR count). The zero-order valence-electron chi connectivity index (χ0n) is 14.9. The Morgan fingerprint density at radius 2 is 1.39 bits per heavy atom. The first-order valence-electron chi connectivity index (χ1n) is 9.14. The predicted octanol–water partition coefficient (Wildman–Crippen LogP) is 5.76. The molecule has 0 spiro atoms. The van der Waals surface area contributed by atoms with Crippen molar-refractivity contribution in [1.29, 1.82) is 0 Å². The molecule has 1 aromatic heterocycles. The lowest BCUT2D eigenvalue weighted by Gasteiger charge is -2.22. The number of para-hydroxylation sites is 1. The van der Waals surface area contributed by atoms with E-state index < -0.39 is 5.92 Å². The molecule has 0 aliphatic heterocycles. The summed E-state index contributed by atoms with van der Waals surface area (Å²) in [6, 6.07) is 23.0. The molecule has 28 heavy (non-hydrogen) atoms. The first-order chi connectivity index (χ1) is 13.6. The zero-order valence-corrected chi connectivity index (χ0v) is 16.4. The molecule has 0 saturated heterocycles. The van der Waals surface area contributed by atoms with E-state index in [1.165, 1.54) is 0 Å². The maximum atomic E-state index is 13.3. The molecule has 136 valence electrons. The molecule has 1 unspecified atom stereocenters. The number of hydrogen-bond acceptors (Lipinski definition) is 2. The van der Waals surface area contributed by atoms with Crippen LogP contribution in [0.2, 0.25) is 0 Å². The van der Waals surface area contributed by atoms with Gasteiger partial charge in [-0.05, 0) is 29.3 Å². The van der Waals surface area contributed by atoms with Gasteiger partial charge in [-0.15, -0.1) is 0 Å². The van der Waals surface area contributed by atoms with Gasteiger partial charge in [-0.25, -0.2) is 0 Å². The normalized spacial score (nSPS) is 15.2. The molecule has 0 bridgehead atoms. The maximum absolute atomic E-state index is 13.3. The van der Waals surface area contributed by atoms with Gasteiger partial charge in [0.05, 0.1) is 5.92 Å². The number of H-pyrrole nitrogens is 1. The molecule has 1 aliphatic rings. The highest BCUT2D eigenvalue weighted by Crippen LogP contribution is 2.43. The SMILES string of the molecule is O=C1c2ccccc2C(=O)C1C(c1ccc(Br)cc1)c1c[nH]c2ccccc12. The second-order valence-corrected chi connectivity index (χ2v) is 7.99. The van der Waals surface area contributed by atoms with Crippen LogP contribution in [0.4, 0.5) is 0 Å². The Morgan fingerprint density at radius 1 is 0.786 bits per heavy atom. The van der Waals surface area contributed by atoms with E-state index in [0.717, 1.165) is 26.5 Å². The molecule has 3 nitrogen and oxygen atoms in total. The second kappa shape index (κ2) is 6.57. The van der Waals surface area contributed by atoms with Gasteiger partial charge in [0, 0.05) is 38.6 Å². The molecule has 0 radical (unpaired) electrons. The number of carbonyl (C=O) groups excluding carboxylic acids is 2. The van der Waals surface area contributed by atoms with E-state index >= 15 is 0 Å². The van der Waals surface area contributed by atoms with E-state index in [4.69, 9.17) is 0 Å². The number of aromatic amines is 1. The lowest BCUT2D eigenvalue weighted by molar-refractivity contribution is 0.0825. The Hall–Kier alpha value is -2.98. The summed E-state index contributed by atoms with van der Waals surface area (Å²) in [5, 5.41) is 1.03. The van der Waals surface area contributed by atoms with Gasteiger partial charge < -0.3 is 4.98 Å². The van der Waals surface area contributed by atoms with Gasteiger partial charge in [0.25, 0.3) is 0 Å². The van der Waals surface area contributed by atoms with Crippen molar-refractivity contribution >= 4 is 38.4 Å². The fourth-order valence-electron chi connectivity index (χ4n) is 4.24. The number of aromatic nitrogens is 1. The van der Waals surface area contributed by atoms with Gasteiger partial charge >= 0.3 is 0 Å². The summed E-state index contributed by atoms with van der Waals surface area (Å²) in [6.45, 7) is 0. The van der Waals surface area contributed by atoms with Crippen LogP contribution in [0.1, 0.15) is 37.8 Å². The Bertz CT molecular complexity index is 1190. The van der Waals surface area contributed by atoms with E-state index in [2.05, 4.69) is 20.9 Å². The van der Waals surface area contributed by atoms with Crippen LogP contribution in [0, 0.1) is 5.92 Å². The van der Waals surface area contributed by atoms with Crippen LogP contribution < -0.4 is 0 Å². The molecule has 0 amide bonds. The van der Waals surface area contributed by atoms with Crippen molar-refractivity contribution in [2.75, 3.05) is 0 Å². The first kappa shape index (κ1) is 17.1. The Kier molecular flexibility index (Phi) is 4.02. The molecule has 0 fully saturated rings. The van der Waals surface area contributed by atoms with Crippen molar-refractivity contribution in [3.05, 3.63) is 106 Å². The lowest BCUT2D eigenvalue weighted by Crippen LogP contribution is -2.24. The molecular formula is C24H16BrNO2. The highest BCUT2D eigenvalue weighted by molar-refractivity contribution is 9.10. The minimum atomic E-state index is -0.752. The minimum absolute atomic E-state index is 0.0983. The van der Waals surface area contributed by atoms with Crippen molar-refractivity contribution in [3.63, 3.8) is 0 Å². The van der Waals surface area contributed by atoms with E-state index in [-0.39, 0.29) is 17.5 Å². The second-order valence-electron chi connectivity index (χ2n) is 7.07. The molecule has 3 aromatic carbocycles. The summed E-state index contributed by atoms with van der Waals surface area (Å²) in [6.07, 6.45) is 1.93. The van der Waals surface area contributed by atoms with Gasteiger partial charge in [-0.3, -0.25) is 9.59 Å². The van der Waals surface area contributed by atoms with Crippen molar-refractivity contribution in [2.24, 2.45) is 5.92 Å². The highest BCUT2D eigenvalue weighted by Gasteiger charge is 2.44. The predicted molar refractivity (Wildman–Crippen MR) is 113 cm³/mol. The van der Waals surface area contributed by atoms with Gasteiger partial charge in [0.1, 0.15) is 0 Å². The number of ketones is 2. The van der Waals surface area contributed by atoms with Crippen LogP contribution in [-0.4, -0.2) is 16.6 Å². The molecule has 0 saturated carbocycles. The number of benzene rings is 3. The van der Waals surface area contributed by atoms with Gasteiger partial charge in [0.15, 0.2) is 11.6 Å². The summed E-state index contributed by atoms with van der Waals surface area (Å²) >= 11 is 3.47. The molecular weight excluding hydrogens is 414 g/mol. The standard InChI is InChI=1S/C24H16BrNO2/c25-15-11-9-14(10-12-15)21(19-13-26-20-8-4-3-5-16(19)20)22-23(27)17-6-1-2-7-18(17)24(22)28/h1-13,21-22,26H. The van der Waals surface area contributed by atoms with E-state index in [0.29, 0.717) is 11.1 Å². The summed E-state index contributed by atoms with van der Waals surface area (Å²) in [4.78, 5) is 29.9. The molecule has 4 aromatic rings. The van der Waals surface area contributed by atoms with Crippen LogP contribution >= 0.6 is 15.9 Å². The summed E-state index contributed by atoms with van der Waals surface area (Å²) in [5.74, 6) is -1.30. The maximum Gasteiger partial charge on any atom is 0.175 e. The van der Waals surface area contributed by atoms with Crippen LogP contribution in [0.15, 0.2) is 83.5 Å². The van der Waals surface area contributed by atoms with Crippen LogP contribution in [0.5, 0.6) is 0 Å². The largest absolute Gasteiger partial charge is 0.361 e. The number of fused-ring (bicyclic) bond motifs is 2. The number of halogens is 1. The molecule has 1 atom stereocenters. The average Bonchev–Trinajstić information content (AvgIpc) is 3.25. The average molecular weight is 430 g/mol. The topological polar surface area (TPSA) is 49.9 Å². The van der Waals surface area contributed by atoms with E-state index in [1.54, 1.807) is 12.1 Å². The highest BCUT2D eigenvalue weighted by atomic mass is 79.9. The zero-order chi connectivity index (χ0) is 19.3. The first-order valence-corrected chi connectivity index (χ1v) is 9.93. The smallest absolute Gasteiger partial charge is 0.175 e. The Morgan fingerprint density at radius 3 is 2.07 bits per heavy atom. The molecule has 1 N–H and O–H groups in total. The fourth-order valence-corrected chi connectivity index (χ4v) is 4.51. The third kappa shape index (κ3) is 2.56. The Balaban J connectivity index is 1.73. The van der Waals surface area contributed by atoms with Gasteiger partial charge in [-0.2, -0.15) is 0 Å². The van der Waals surface area contributed by atoms with E-state index in [1.807, 2.05) is 66.9 Å². The summed E-state index contributed by atoms with van der Waals surface area (Å²) in [7, 11) is 0. The van der Waals surface area contributed by atoms with Crippen LogP contribution in [0.3, 0.4) is 0 Å². The fraction of sp³-hybridized carbons (Fsp3) is 0.0833. The number of carbonyl (C=O) groups is 2. The van der Waals surface area contributed by atoms with Crippen LogP contribution in [0.25, 0.3) is 10.9 Å². The van der Waals surface area contributed by atoms with E-state index in [9.17, 15) is 9.59 Å². The van der Waals surface area contributed by atoms with Gasteiger partial charge in [-0.1, -0.05) is 70.5 Å². The van der Waals surface area contributed by atoms with Crippen molar-refractivity contribution in [3.8, 4) is 0 Å². The van der Waals surface area contributed by atoms with Crippen LogP contribution in [-0.2, 0) is 0 Å². The third-order valence-electron chi connectivity index (χ3n) is 5.54. The van der Waals surface area contributed by atoms with Crippen molar-refractivity contribution < 1.29 is 9.59 Å². The number of rotatable bonds is 3. The summed E-state index contributed by atoms with van der Waals surface area (Å²) < 4.78 is 0.960. The Labute approximate surface area is 170 Å². The number of Topliss-reactive ketones (excluding diaryl/α,β-unsaturated/α-hetero) is 2. The monoisotopic (exact) mass is 429 g/mol.